The van der Waals surface area contributed by atoms with E-state index in [2.05, 4.69) is 20.1 Å². The van der Waals surface area contributed by atoms with Gasteiger partial charge in [-0.15, -0.1) is 58.8 Å². The number of halogens is 5. The molecular formula is C93H155Cl5MnN4O25S4. The summed E-state index contributed by atoms with van der Waals surface area (Å²) in [7, 11) is -13.4. The van der Waals surface area contributed by atoms with Crippen molar-refractivity contribution in [1.82, 2.24) is 10.6 Å². The van der Waals surface area contributed by atoms with Crippen molar-refractivity contribution < 1.29 is 128 Å². The molecule has 29 nitrogen and oxygen atoms in total. The van der Waals surface area contributed by atoms with Crippen molar-refractivity contribution in [3.8, 4) is 0 Å². The average Bonchev–Trinajstić information content (AvgIpc) is 0.834. The number of hydrogen-bond donors (Lipinski definition) is 6. The number of aliphatic hydroxyl groups excluding tert-OH is 2. The molecule has 2 atom stereocenters. The van der Waals surface area contributed by atoms with Crippen molar-refractivity contribution >= 4 is 140 Å². The minimum absolute atomic E-state index is 0. The van der Waals surface area contributed by atoms with E-state index in [-0.39, 0.29) is 163 Å². The van der Waals surface area contributed by atoms with Crippen LogP contribution in [0.4, 0.5) is 19.2 Å². The molecule has 132 heavy (non-hydrogen) atoms. The third-order valence-corrected chi connectivity index (χ3v) is 26.7. The van der Waals surface area contributed by atoms with E-state index in [4.69, 9.17) is 84.5 Å². The second-order valence-corrected chi connectivity index (χ2v) is 44.9. The number of ether oxygens (including phenoxy) is 6. The number of hydrogen-bond acceptors (Lipinski definition) is 27. The number of carbonyl (C=O) groups excluding carboxylic acids is 7. The van der Waals surface area contributed by atoms with Crippen LogP contribution < -0.4 is 22.1 Å². The molecular weight excluding hydrogens is 1930 g/mol. The van der Waals surface area contributed by atoms with E-state index in [1.807, 2.05) is 0 Å². The molecule has 0 saturated heterocycles. The molecule has 8 N–H and O–H groups in total. The van der Waals surface area contributed by atoms with Crippen LogP contribution in [-0.4, -0.2) is 175 Å². The number of nitrogens with one attached hydrogen (secondary N) is 2. The summed E-state index contributed by atoms with van der Waals surface area (Å²) in [5.41, 5.74) is 10.2. The van der Waals surface area contributed by atoms with E-state index in [0.29, 0.717) is 46.7 Å². The number of alkyl halides is 4. The first-order chi connectivity index (χ1) is 59.7. The van der Waals surface area contributed by atoms with E-state index < -0.39 is 113 Å². The summed E-state index contributed by atoms with van der Waals surface area (Å²) >= 11 is 17.6. The molecule has 4 aliphatic carbocycles. The molecule has 2 amide bonds. The van der Waals surface area contributed by atoms with Crippen LogP contribution in [0.5, 0.6) is 0 Å². The summed E-state index contributed by atoms with van der Waals surface area (Å²) < 4.78 is 146. The predicted molar refractivity (Wildman–Crippen MR) is 522 cm³/mol. The van der Waals surface area contributed by atoms with Crippen molar-refractivity contribution in [2.24, 2.45) is 35.1 Å². The Morgan fingerprint density at radius 2 is 0.689 bits per heavy atom. The molecule has 4 fully saturated rings. The van der Waals surface area contributed by atoms with Gasteiger partial charge < -0.3 is 60.7 Å². The molecule has 763 valence electrons. The fraction of sp³-hybridized carbons (Fsp3) is 0.667. The number of nitrogens with two attached hydrogens (primary N) is 2. The van der Waals surface area contributed by atoms with Gasteiger partial charge in [-0.25, -0.2) is 52.8 Å². The van der Waals surface area contributed by atoms with Crippen LogP contribution in [0, 0.1) is 23.7 Å². The Morgan fingerprint density at radius 1 is 0.424 bits per heavy atom. The summed E-state index contributed by atoms with van der Waals surface area (Å²) in [4.78, 5) is 80.4. The van der Waals surface area contributed by atoms with Gasteiger partial charge in [0.25, 0.3) is 0 Å². The van der Waals surface area contributed by atoms with Gasteiger partial charge in [0.15, 0.2) is 50.9 Å². The van der Waals surface area contributed by atoms with Gasteiger partial charge in [-0.1, -0.05) is 148 Å². The van der Waals surface area contributed by atoms with Crippen LogP contribution >= 0.6 is 58.8 Å². The first-order valence-electron chi connectivity index (χ1n) is 43.2. The Hall–Kier alpha value is -5.82. The third-order valence-electron chi connectivity index (χ3n) is 19.2. The molecule has 0 aromatic heterocycles. The Labute approximate surface area is 821 Å². The Kier molecular flexibility index (Phi) is 72.2. The zero-order valence-corrected chi connectivity index (χ0v) is 85.6. The number of ketones is 2. The fourth-order valence-electron chi connectivity index (χ4n) is 13.5. The summed E-state index contributed by atoms with van der Waals surface area (Å²) in [5, 5.41) is 25.9. The minimum atomic E-state index is -3.41. The molecule has 0 bridgehead atoms. The van der Waals surface area contributed by atoms with E-state index in [1.54, 1.807) is 175 Å². The number of benzene rings is 4. The molecule has 2 unspecified atom stereocenters. The van der Waals surface area contributed by atoms with Gasteiger partial charge in [0.05, 0.1) is 72.1 Å². The number of carbonyl (C=O) groups is 7. The molecule has 4 aromatic rings. The monoisotopic (exact) mass is 2090 g/mol. The molecule has 0 spiro atoms. The first-order valence-corrected chi connectivity index (χ1v) is 52.9. The Bertz CT molecular complexity index is 4430. The summed E-state index contributed by atoms with van der Waals surface area (Å²) in [5.74, 6) is 1.17. The van der Waals surface area contributed by atoms with Crippen molar-refractivity contribution in [3.63, 3.8) is 0 Å². The van der Waals surface area contributed by atoms with Gasteiger partial charge in [-0.2, -0.15) is 0 Å². The molecule has 0 radical (unpaired) electrons. The van der Waals surface area contributed by atoms with Crippen molar-refractivity contribution in [2.75, 3.05) is 66.5 Å². The van der Waals surface area contributed by atoms with Gasteiger partial charge in [0.2, 0.25) is 0 Å². The third kappa shape index (κ3) is 64.3. The number of Topliss-reactive ketones (excluding diaryl/α,β-unsaturated/α-hetero) is 2. The van der Waals surface area contributed by atoms with E-state index in [1.165, 1.54) is 44.7 Å². The van der Waals surface area contributed by atoms with Crippen LogP contribution in [0.15, 0.2) is 117 Å². The molecule has 8 rings (SSSR count). The quantitative estimate of drug-likeness (QED) is 0.00806. The topological polar surface area (TPSA) is 462 Å². The van der Waals surface area contributed by atoms with Crippen LogP contribution in [-0.2, 0) is 95.1 Å². The Balaban J connectivity index is -0.000000491. The molecule has 0 heterocycles. The van der Waals surface area contributed by atoms with Crippen LogP contribution in [0.3, 0.4) is 0 Å². The number of alkyl carbamates (subject to hydrolysis) is 2. The molecule has 4 aromatic carbocycles. The fourth-order valence-corrected chi connectivity index (χ4v) is 20.5. The second-order valence-electron chi connectivity index (χ2n) is 35.0. The SMILES string of the molecule is C.C.C.CC(C)(C)OC(=O)NCCC(=O)c1cccc(S(=O)(=O)CC2CCCCC2)c1.CC(C)(C)OC(=O)NCCC(O)c1cccc(S(=O)(=O)CC2CCCCC2)c1.CC(C)(C)OC(=O)OC(=O)OC(C)(C)C.CCOC(C)=O.Cl.ClCCl.ClCCl.NCCC(=O)c1cccc(S(=O)(=O)CC2CCCCC2)c1.NCCC(O)c1cccc(S(=O)(=O)CC2CCCCC2)c1.[O]=[Mn]=[O]. The van der Waals surface area contributed by atoms with Gasteiger partial charge in [0.1, 0.15) is 22.4 Å². The molecule has 4 aliphatic rings. The molecule has 0 aliphatic heterocycles. The van der Waals surface area contributed by atoms with Gasteiger partial charge in [-0.05, 0) is 251 Å². The summed E-state index contributed by atoms with van der Waals surface area (Å²) in [6.07, 6.45) is 17.8. The summed E-state index contributed by atoms with van der Waals surface area (Å²) in [6, 6.07) is 25.7. The number of esters is 1. The molecule has 4 saturated carbocycles. The predicted octanol–water partition coefficient (Wildman–Crippen LogP) is 21.5. The summed E-state index contributed by atoms with van der Waals surface area (Å²) in [6.45, 7) is 25.3. The first kappa shape index (κ1) is 135. The van der Waals surface area contributed by atoms with Crippen LogP contribution in [0.25, 0.3) is 0 Å². The van der Waals surface area contributed by atoms with Crippen molar-refractivity contribution in [2.45, 2.75) is 328 Å². The average molecular weight is 2090 g/mol. The molecule has 39 heteroatoms. The van der Waals surface area contributed by atoms with E-state index >= 15 is 0 Å². The maximum absolute atomic E-state index is 12.8. The van der Waals surface area contributed by atoms with Crippen LogP contribution in [0.1, 0.15) is 317 Å². The van der Waals surface area contributed by atoms with Gasteiger partial charge >= 0.3 is 53.0 Å². The second kappa shape index (κ2) is 70.7. The standard InChI is InChI=1S/C21H33NO5S.C21H31NO5S.C16H25NO3S.C16H23NO3S.C10H18O5.C4H8O2.2CH2Cl2.3CH4.ClH.Mn.2O/c2*1-21(2,3)27-20(24)22-13-12-19(23)17-10-7-11-18(14-17)28(25,26)15-16-8-5-4-6-9-16;2*17-10-9-16(18)14-7-4-8-15(11-14)21(19,20)12-13-5-2-1-3-6-13;1-9(2,3)14-7(11)13-8(12)15-10(4,5)6;1-3-6-4(2)5;2*2-1-3;;;;;;;/h7,10-11,14,16,19,23H,4-6,8-9,12-13,15H2,1-3H3,(H,22,24);7,10-11,14,16H,4-6,8-9,12-13,15H2,1-3H3,(H,22,24);4,7-8,11,13,16,18H,1-3,5-6,9-10,12,17H2;4,7-8,11,13H,1-3,5-6,9-10,12,17H2;1-6H3;3H2,1-2H3;2*1H2;3*1H4;1H;;;. The maximum atomic E-state index is 12.8. The number of sulfone groups is 4. The normalized spacial score (nSPS) is 14.7. The van der Waals surface area contributed by atoms with Crippen molar-refractivity contribution in [3.05, 3.63) is 119 Å². The zero-order chi connectivity index (χ0) is 97.6. The van der Waals surface area contributed by atoms with Crippen LogP contribution in [0.2, 0.25) is 0 Å². The number of rotatable bonds is 27. The number of amides is 2. The van der Waals surface area contributed by atoms with E-state index in [0.717, 1.165) is 103 Å². The zero-order valence-electron chi connectivity index (χ0n) is 77.3. The number of aliphatic hydroxyl groups is 2. The van der Waals surface area contributed by atoms with Gasteiger partial charge in [0, 0.05) is 44.0 Å². The van der Waals surface area contributed by atoms with E-state index in [9.17, 15) is 77.4 Å². The van der Waals surface area contributed by atoms with Crippen molar-refractivity contribution in [1.29, 1.82) is 0 Å². The van der Waals surface area contributed by atoms with Gasteiger partial charge in [-0.3, -0.25) is 14.4 Å². The Morgan fingerprint density at radius 3 is 0.947 bits per heavy atom.